The van der Waals surface area contributed by atoms with Crippen LogP contribution in [0.2, 0.25) is 5.02 Å². The van der Waals surface area contributed by atoms with Gasteiger partial charge in [0, 0.05) is 23.1 Å². The number of piperidine rings is 1. The molecule has 2 nitrogen and oxygen atoms in total. The van der Waals surface area contributed by atoms with E-state index in [2.05, 4.69) is 30.9 Å². The molecular formula is C16H25ClN2. The third-order valence-corrected chi connectivity index (χ3v) is 4.46. The fourth-order valence-corrected chi connectivity index (χ4v) is 3.41. The number of likely N-dealkylation sites (tertiary alicyclic amines) is 1. The van der Waals surface area contributed by atoms with E-state index in [4.69, 9.17) is 17.3 Å². The molecule has 2 rings (SSSR count). The average Bonchev–Trinajstić information content (AvgIpc) is 2.41. The number of hydrogen-bond acceptors (Lipinski definition) is 2. The molecular weight excluding hydrogens is 256 g/mol. The van der Waals surface area contributed by atoms with Crippen LogP contribution in [-0.4, -0.2) is 23.5 Å². The van der Waals surface area contributed by atoms with Gasteiger partial charge in [0.1, 0.15) is 0 Å². The molecule has 3 unspecified atom stereocenters. The van der Waals surface area contributed by atoms with Crippen molar-refractivity contribution in [1.82, 2.24) is 4.90 Å². The van der Waals surface area contributed by atoms with Gasteiger partial charge < -0.3 is 5.73 Å². The second-order valence-corrected chi connectivity index (χ2v) is 6.09. The fourth-order valence-electron chi connectivity index (χ4n) is 3.28. The number of halogens is 1. The first-order valence-corrected chi connectivity index (χ1v) is 7.78. The number of nitrogens with zero attached hydrogens (tertiary/aromatic N) is 1. The number of benzene rings is 1. The zero-order chi connectivity index (χ0) is 13.8. The smallest absolute Gasteiger partial charge is 0.0499 e. The first-order chi connectivity index (χ1) is 9.13. The van der Waals surface area contributed by atoms with Gasteiger partial charge in [-0.2, -0.15) is 0 Å². The SMILES string of the molecule is CCC1CCCCN1C(c1ccc(Cl)cc1)C(C)N. The Kier molecular flexibility index (Phi) is 5.26. The summed E-state index contributed by atoms with van der Waals surface area (Å²) in [5.41, 5.74) is 7.57. The van der Waals surface area contributed by atoms with Crippen LogP contribution in [0.1, 0.15) is 51.1 Å². The van der Waals surface area contributed by atoms with Gasteiger partial charge in [0.15, 0.2) is 0 Å². The highest BCUT2D eigenvalue weighted by Gasteiger charge is 2.30. The van der Waals surface area contributed by atoms with Crippen molar-refractivity contribution >= 4 is 11.6 Å². The molecule has 1 aliphatic rings. The molecule has 0 spiro atoms. The molecule has 1 aromatic carbocycles. The number of hydrogen-bond donors (Lipinski definition) is 1. The minimum absolute atomic E-state index is 0.133. The summed E-state index contributed by atoms with van der Waals surface area (Å²) >= 11 is 5.99. The summed E-state index contributed by atoms with van der Waals surface area (Å²) < 4.78 is 0. The van der Waals surface area contributed by atoms with E-state index in [9.17, 15) is 0 Å². The van der Waals surface area contributed by atoms with Crippen molar-refractivity contribution in [2.24, 2.45) is 5.73 Å². The average molecular weight is 281 g/mol. The molecule has 1 saturated heterocycles. The predicted octanol–water partition coefficient (Wildman–Crippen LogP) is 3.99. The lowest BCUT2D eigenvalue weighted by Gasteiger charge is -2.43. The Bertz CT molecular complexity index is 388. The minimum atomic E-state index is 0.133. The third kappa shape index (κ3) is 3.50. The Morgan fingerprint density at radius 3 is 2.58 bits per heavy atom. The second kappa shape index (κ2) is 6.74. The summed E-state index contributed by atoms with van der Waals surface area (Å²) in [6.45, 7) is 5.55. The predicted molar refractivity (Wildman–Crippen MR) is 82.5 cm³/mol. The maximum absolute atomic E-state index is 6.28. The number of rotatable bonds is 4. The standard InChI is InChI=1S/C16H25ClN2/c1-3-15-6-4-5-11-19(15)16(12(2)18)13-7-9-14(17)10-8-13/h7-10,12,15-16H,3-6,11,18H2,1-2H3. The van der Waals surface area contributed by atoms with E-state index in [0.29, 0.717) is 12.1 Å². The van der Waals surface area contributed by atoms with E-state index in [1.807, 2.05) is 12.1 Å². The van der Waals surface area contributed by atoms with Crippen LogP contribution in [0, 0.1) is 0 Å². The molecule has 0 bridgehead atoms. The molecule has 3 heteroatoms. The van der Waals surface area contributed by atoms with E-state index >= 15 is 0 Å². The largest absolute Gasteiger partial charge is 0.326 e. The maximum atomic E-state index is 6.28. The lowest BCUT2D eigenvalue weighted by Crippen LogP contribution is -2.47. The van der Waals surface area contributed by atoms with Gasteiger partial charge in [-0.25, -0.2) is 0 Å². The molecule has 1 heterocycles. The second-order valence-electron chi connectivity index (χ2n) is 5.65. The highest BCUT2D eigenvalue weighted by Crippen LogP contribution is 2.32. The summed E-state index contributed by atoms with van der Waals surface area (Å²) in [7, 11) is 0. The van der Waals surface area contributed by atoms with Gasteiger partial charge >= 0.3 is 0 Å². The molecule has 1 fully saturated rings. The van der Waals surface area contributed by atoms with Gasteiger partial charge in [-0.05, 0) is 50.4 Å². The topological polar surface area (TPSA) is 29.3 Å². The Hall–Kier alpha value is -0.570. The van der Waals surface area contributed by atoms with E-state index in [1.165, 1.54) is 31.2 Å². The van der Waals surface area contributed by atoms with E-state index < -0.39 is 0 Å². The molecule has 0 aliphatic carbocycles. The quantitative estimate of drug-likeness (QED) is 0.903. The van der Waals surface area contributed by atoms with Crippen molar-refractivity contribution in [3.05, 3.63) is 34.9 Å². The van der Waals surface area contributed by atoms with Crippen LogP contribution in [0.15, 0.2) is 24.3 Å². The molecule has 1 aliphatic heterocycles. The maximum Gasteiger partial charge on any atom is 0.0499 e. The van der Waals surface area contributed by atoms with E-state index in [-0.39, 0.29) is 6.04 Å². The third-order valence-electron chi connectivity index (χ3n) is 4.21. The lowest BCUT2D eigenvalue weighted by atomic mass is 9.92. The van der Waals surface area contributed by atoms with Gasteiger partial charge in [-0.3, -0.25) is 4.90 Å². The zero-order valence-corrected chi connectivity index (χ0v) is 12.7. The first kappa shape index (κ1) is 14.8. The van der Waals surface area contributed by atoms with Crippen LogP contribution in [0.5, 0.6) is 0 Å². The monoisotopic (exact) mass is 280 g/mol. The molecule has 2 N–H and O–H groups in total. The normalized spacial score (nSPS) is 24.1. The van der Waals surface area contributed by atoms with Gasteiger partial charge in [0.2, 0.25) is 0 Å². The van der Waals surface area contributed by atoms with Crippen LogP contribution in [0.4, 0.5) is 0 Å². The van der Waals surface area contributed by atoms with Crippen LogP contribution in [0.25, 0.3) is 0 Å². The van der Waals surface area contributed by atoms with Crippen LogP contribution in [-0.2, 0) is 0 Å². The van der Waals surface area contributed by atoms with Crippen LogP contribution in [0.3, 0.4) is 0 Å². The Morgan fingerprint density at radius 2 is 2.00 bits per heavy atom. The molecule has 3 atom stereocenters. The van der Waals surface area contributed by atoms with Gasteiger partial charge in [0.25, 0.3) is 0 Å². The summed E-state index contributed by atoms with van der Waals surface area (Å²) in [4.78, 5) is 2.61. The van der Waals surface area contributed by atoms with Gasteiger partial charge in [0.05, 0.1) is 0 Å². The Balaban J connectivity index is 2.25. The summed E-state index contributed by atoms with van der Waals surface area (Å²) in [5, 5.41) is 0.790. The van der Waals surface area contributed by atoms with Crippen molar-refractivity contribution in [2.75, 3.05) is 6.54 Å². The molecule has 1 aromatic rings. The summed E-state index contributed by atoms with van der Waals surface area (Å²) in [5.74, 6) is 0. The molecule has 0 radical (unpaired) electrons. The van der Waals surface area contributed by atoms with Crippen molar-refractivity contribution in [2.45, 2.75) is 57.7 Å². The van der Waals surface area contributed by atoms with E-state index in [1.54, 1.807) is 0 Å². The molecule has 0 amide bonds. The van der Waals surface area contributed by atoms with Crippen LogP contribution < -0.4 is 5.73 Å². The number of nitrogens with two attached hydrogens (primary N) is 1. The van der Waals surface area contributed by atoms with Gasteiger partial charge in [-0.15, -0.1) is 0 Å². The minimum Gasteiger partial charge on any atom is -0.326 e. The van der Waals surface area contributed by atoms with Crippen molar-refractivity contribution in [3.8, 4) is 0 Å². The highest BCUT2D eigenvalue weighted by molar-refractivity contribution is 6.30. The van der Waals surface area contributed by atoms with Crippen molar-refractivity contribution in [1.29, 1.82) is 0 Å². The van der Waals surface area contributed by atoms with Crippen LogP contribution >= 0.6 is 11.6 Å². The van der Waals surface area contributed by atoms with E-state index in [0.717, 1.165) is 11.6 Å². The van der Waals surface area contributed by atoms with Crippen molar-refractivity contribution < 1.29 is 0 Å². The zero-order valence-electron chi connectivity index (χ0n) is 12.0. The van der Waals surface area contributed by atoms with Gasteiger partial charge in [-0.1, -0.05) is 37.1 Å². The molecule has 106 valence electrons. The highest BCUT2D eigenvalue weighted by atomic mass is 35.5. The molecule has 0 aromatic heterocycles. The Morgan fingerprint density at radius 1 is 1.32 bits per heavy atom. The summed E-state index contributed by atoms with van der Waals surface area (Å²) in [6.07, 6.45) is 5.14. The Labute approximate surface area is 121 Å². The lowest BCUT2D eigenvalue weighted by molar-refractivity contribution is 0.0797. The van der Waals surface area contributed by atoms with Crippen molar-refractivity contribution in [3.63, 3.8) is 0 Å². The fraction of sp³-hybridized carbons (Fsp3) is 0.625. The molecule has 19 heavy (non-hydrogen) atoms. The molecule has 0 saturated carbocycles. The first-order valence-electron chi connectivity index (χ1n) is 7.40. The summed E-state index contributed by atoms with van der Waals surface area (Å²) in [6, 6.07) is 9.29.